The van der Waals surface area contributed by atoms with Gasteiger partial charge in [0.1, 0.15) is 5.69 Å². The van der Waals surface area contributed by atoms with E-state index >= 15 is 0 Å². The van der Waals surface area contributed by atoms with Crippen molar-refractivity contribution in [2.24, 2.45) is 5.73 Å². The third-order valence-corrected chi connectivity index (χ3v) is 3.59. The van der Waals surface area contributed by atoms with Gasteiger partial charge in [0.2, 0.25) is 0 Å². The van der Waals surface area contributed by atoms with E-state index in [-0.39, 0.29) is 0 Å². The molecule has 1 aliphatic heterocycles. The summed E-state index contributed by atoms with van der Waals surface area (Å²) in [6.45, 7) is 4.86. The van der Waals surface area contributed by atoms with Gasteiger partial charge in [-0.2, -0.15) is 0 Å². The minimum Gasteiger partial charge on any atom is -0.359 e. The molecule has 4 heteroatoms. The van der Waals surface area contributed by atoms with Crippen molar-refractivity contribution in [3.8, 4) is 11.3 Å². The second-order valence-corrected chi connectivity index (χ2v) is 5.33. The quantitative estimate of drug-likeness (QED) is 0.915. The highest BCUT2D eigenvalue weighted by atomic mass is 16.5. The second-order valence-electron chi connectivity index (χ2n) is 5.33. The minimum absolute atomic E-state index is 0.305. The number of aromatic nitrogens is 1. The molecule has 1 aromatic carbocycles. The first-order chi connectivity index (χ1) is 9.20. The molecular formula is C15H19N3O. The summed E-state index contributed by atoms with van der Waals surface area (Å²) in [6, 6.07) is 10.6. The van der Waals surface area contributed by atoms with Gasteiger partial charge in [0, 0.05) is 30.8 Å². The van der Waals surface area contributed by atoms with Crippen molar-refractivity contribution in [3.05, 3.63) is 41.7 Å². The zero-order valence-corrected chi connectivity index (χ0v) is 11.2. The molecule has 1 aliphatic rings. The first kappa shape index (κ1) is 12.4. The number of hydrogen-bond acceptors (Lipinski definition) is 4. The van der Waals surface area contributed by atoms with E-state index in [1.54, 1.807) is 0 Å². The monoisotopic (exact) mass is 257 g/mol. The van der Waals surface area contributed by atoms with Crippen molar-refractivity contribution in [3.63, 3.8) is 0 Å². The lowest BCUT2D eigenvalue weighted by atomic mass is 10.1. The summed E-state index contributed by atoms with van der Waals surface area (Å²) in [5, 5.41) is 4.14. The predicted octanol–water partition coefficient (Wildman–Crippen LogP) is 2.18. The van der Waals surface area contributed by atoms with Gasteiger partial charge >= 0.3 is 0 Å². The van der Waals surface area contributed by atoms with Crippen LogP contribution in [0.4, 0.5) is 0 Å². The normalized spacial score (nSPS) is 20.0. The Bertz CT molecular complexity index is 547. The Kier molecular flexibility index (Phi) is 3.36. The van der Waals surface area contributed by atoms with Gasteiger partial charge in [-0.1, -0.05) is 35.0 Å². The highest BCUT2D eigenvalue weighted by Gasteiger charge is 2.20. The van der Waals surface area contributed by atoms with Crippen LogP contribution in [0.2, 0.25) is 0 Å². The molecule has 4 nitrogen and oxygen atoms in total. The molecular weight excluding hydrogens is 238 g/mol. The predicted molar refractivity (Wildman–Crippen MR) is 74.5 cm³/mol. The van der Waals surface area contributed by atoms with Gasteiger partial charge < -0.3 is 10.3 Å². The van der Waals surface area contributed by atoms with Gasteiger partial charge in [-0.25, -0.2) is 0 Å². The molecule has 1 atom stereocenters. The van der Waals surface area contributed by atoms with Crippen LogP contribution < -0.4 is 5.73 Å². The zero-order chi connectivity index (χ0) is 13.2. The van der Waals surface area contributed by atoms with Crippen molar-refractivity contribution in [2.75, 3.05) is 13.1 Å². The Morgan fingerprint density at radius 1 is 1.37 bits per heavy atom. The fraction of sp³-hybridized carbons (Fsp3) is 0.400. The van der Waals surface area contributed by atoms with Crippen LogP contribution in [0.15, 0.2) is 34.9 Å². The fourth-order valence-corrected chi connectivity index (χ4v) is 2.47. The maximum Gasteiger partial charge on any atom is 0.151 e. The zero-order valence-electron chi connectivity index (χ0n) is 11.2. The van der Waals surface area contributed by atoms with Crippen molar-refractivity contribution in [1.82, 2.24) is 10.1 Å². The number of benzene rings is 1. The number of likely N-dealkylation sites (tertiary alicyclic amines) is 1. The Morgan fingerprint density at radius 3 is 2.84 bits per heavy atom. The van der Waals surface area contributed by atoms with Gasteiger partial charge in [0.15, 0.2) is 5.76 Å². The van der Waals surface area contributed by atoms with Crippen LogP contribution in [0.3, 0.4) is 0 Å². The molecule has 2 heterocycles. The molecule has 100 valence electrons. The summed E-state index contributed by atoms with van der Waals surface area (Å²) in [6.07, 6.45) is 1.07. The van der Waals surface area contributed by atoms with Gasteiger partial charge in [-0.3, -0.25) is 4.90 Å². The highest BCUT2D eigenvalue weighted by molar-refractivity contribution is 5.59. The topological polar surface area (TPSA) is 55.3 Å². The van der Waals surface area contributed by atoms with E-state index in [1.165, 1.54) is 5.56 Å². The summed E-state index contributed by atoms with van der Waals surface area (Å²) in [5.74, 6) is 0.907. The third-order valence-electron chi connectivity index (χ3n) is 3.59. The number of nitrogens with zero attached hydrogens (tertiary/aromatic N) is 2. The number of rotatable bonds is 3. The van der Waals surface area contributed by atoms with Crippen molar-refractivity contribution >= 4 is 0 Å². The Morgan fingerprint density at radius 2 is 2.16 bits per heavy atom. The summed E-state index contributed by atoms with van der Waals surface area (Å²) in [5.41, 5.74) is 9.15. The van der Waals surface area contributed by atoms with Crippen LogP contribution in [-0.4, -0.2) is 29.2 Å². The van der Waals surface area contributed by atoms with Crippen LogP contribution in [0.5, 0.6) is 0 Å². The second kappa shape index (κ2) is 5.15. The molecule has 19 heavy (non-hydrogen) atoms. The molecule has 1 aromatic heterocycles. The Labute approximate surface area is 113 Å². The summed E-state index contributed by atoms with van der Waals surface area (Å²) < 4.78 is 5.41. The van der Waals surface area contributed by atoms with E-state index in [9.17, 15) is 0 Å². The van der Waals surface area contributed by atoms with Crippen LogP contribution >= 0.6 is 0 Å². The largest absolute Gasteiger partial charge is 0.359 e. The molecule has 3 rings (SSSR count). The Balaban J connectivity index is 1.71. The lowest BCUT2D eigenvalue weighted by molar-refractivity contribution is 0.272. The average Bonchev–Trinajstić information content (AvgIpc) is 3.00. The van der Waals surface area contributed by atoms with Gasteiger partial charge in [0.25, 0.3) is 0 Å². The first-order valence-corrected chi connectivity index (χ1v) is 6.71. The van der Waals surface area contributed by atoms with Crippen LogP contribution in [0.25, 0.3) is 11.3 Å². The van der Waals surface area contributed by atoms with Crippen molar-refractivity contribution < 1.29 is 4.52 Å². The van der Waals surface area contributed by atoms with E-state index in [4.69, 9.17) is 10.3 Å². The van der Waals surface area contributed by atoms with Crippen LogP contribution in [0.1, 0.15) is 17.7 Å². The molecule has 0 unspecified atom stereocenters. The van der Waals surface area contributed by atoms with Crippen LogP contribution in [-0.2, 0) is 6.54 Å². The van der Waals surface area contributed by atoms with E-state index in [1.807, 2.05) is 6.07 Å². The average molecular weight is 257 g/mol. The molecule has 1 fully saturated rings. The van der Waals surface area contributed by atoms with E-state index < -0.39 is 0 Å². The highest BCUT2D eigenvalue weighted by Crippen LogP contribution is 2.21. The van der Waals surface area contributed by atoms with Gasteiger partial charge in [-0.05, 0) is 13.3 Å². The van der Waals surface area contributed by atoms with E-state index in [0.29, 0.717) is 6.04 Å². The lowest BCUT2D eigenvalue weighted by Gasteiger charge is -2.11. The lowest BCUT2D eigenvalue weighted by Crippen LogP contribution is -2.26. The van der Waals surface area contributed by atoms with Crippen molar-refractivity contribution in [2.45, 2.75) is 25.9 Å². The molecule has 0 bridgehead atoms. The molecule has 0 saturated carbocycles. The van der Waals surface area contributed by atoms with E-state index in [0.717, 1.165) is 43.1 Å². The van der Waals surface area contributed by atoms with Crippen molar-refractivity contribution in [1.29, 1.82) is 0 Å². The molecule has 0 aliphatic carbocycles. The number of nitrogens with two attached hydrogens (primary N) is 1. The maximum atomic E-state index is 5.90. The van der Waals surface area contributed by atoms with Gasteiger partial charge in [0.05, 0.1) is 6.54 Å². The number of hydrogen-bond donors (Lipinski definition) is 1. The van der Waals surface area contributed by atoms with E-state index in [2.05, 4.69) is 41.2 Å². The smallest absolute Gasteiger partial charge is 0.151 e. The fourth-order valence-electron chi connectivity index (χ4n) is 2.47. The van der Waals surface area contributed by atoms with Crippen LogP contribution in [0, 0.1) is 6.92 Å². The standard InChI is InChI=1S/C15H19N3O/c1-11-2-4-12(5-3-11)15-8-14(19-17-15)10-18-7-6-13(16)9-18/h2-5,8,13H,6-7,9-10,16H2,1H3/t13-/m0/s1. The maximum absolute atomic E-state index is 5.90. The van der Waals surface area contributed by atoms with Gasteiger partial charge in [-0.15, -0.1) is 0 Å². The Hall–Kier alpha value is -1.65. The summed E-state index contributed by atoms with van der Waals surface area (Å²) in [7, 11) is 0. The number of aryl methyl sites for hydroxylation is 1. The molecule has 0 radical (unpaired) electrons. The first-order valence-electron chi connectivity index (χ1n) is 6.71. The summed E-state index contributed by atoms with van der Waals surface area (Å²) in [4.78, 5) is 2.31. The molecule has 0 amide bonds. The molecule has 0 spiro atoms. The summed E-state index contributed by atoms with van der Waals surface area (Å²) >= 11 is 0. The minimum atomic E-state index is 0.305. The molecule has 2 N–H and O–H groups in total. The SMILES string of the molecule is Cc1ccc(-c2cc(CN3CC[C@H](N)C3)on2)cc1. The molecule has 2 aromatic rings. The third kappa shape index (κ3) is 2.85. The molecule has 1 saturated heterocycles.